The monoisotopic (exact) mass is 288 g/mol. The van der Waals surface area contributed by atoms with E-state index in [9.17, 15) is 19.5 Å². The summed E-state index contributed by atoms with van der Waals surface area (Å²) in [6, 6.07) is 7.07. The van der Waals surface area contributed by atoms with Crippen molar-refractivity contribution < 1.29 is 19.5 Å². The highest BCUT2D eigenvalue weighted by molar-refractivity contribution is 6.11. The number of aliphatic carboxylic acids is 1. The van der Waals surface area contributed by atoms with Crippen LogP contribution in [0.2, 0.25) is 0 Å². The van der Waals surface area contributed by atoms with E-state index in [0.29, 0.717) is 24.2 Å². The number of carboxylic acid groups (broad SMARTS) is 1. The second-order valence-corrected chi connectivity index (χ2v) is 5.47. The van der Waals surface area contributed by atoms with Gasteiger partial charge in [-0.1, -0.05) is 18.6 Å². The highest BCUT2D eigenvalue weighted by Gasteiger charge is 2.41. The molecule has 1 aromatic carbocycles. The molecule has 110 valence electrons. The largest absolute Gasteiger partial charge is 0.481 e. The van der Waals surface area contributed by atoms with E-state index in [1.807, 2.05) is 0 Å². The summed E-state index contributed by atoms with van der Waals surface area (Å²) in [6.45, 7) is -0.0569. The van der Waals surface area contributed by atoms with Crippen molar-refractivity contribution >= 4 is 29.2 Å². The van der Waals surface area contributed by atoms with Gasteiger partial charge in [-0.2, -0.15) is 0 Å². The van der Waals surface area contributed by atoms with Crippen molar-refractivity contribution in [1.29, 1.82) is 0 Å². The lowest BCUT2D eigenvalue weighted by atomic mass is 9.94. The minimum absolute atomic E-state index is 0.0569. The molecule has 6 nitrogen and oxygen atoms in total. The summed E-state index contributed by atoms with van der Waals surface area (Å²) in [5, 5.41) is 11.9. The van der Waals surface area contributed by atoms with E-state index in [4.69, 9.17) is 0 Å². The van der Waals surface area contributed by atoms with Crippen LogP contribution < -0.4 is 10.2 Å². The van der Waals surface area contributed by atoms with Gasteiger partial charge in [0.2, 0.25) is 11.8 Å². The number of benzene rings is 1. The second-order valence-electron chi connectivity index (χ2n) is 5.47. The van der Waals surface area contributed by atoms with E-state index in [1.54, 1.807) is 24.3 Å². The minimum atomic E-state index is -0.930. The molecule has 2 atom stereocenters. The topological polar surface area (TPSA) is 86.7 Å². The van der Waals surface area contributed by atoms with Crippen LogP contribution in [-0.4, -0.2) is 29.4 Å². The van der Waals surface area contributed by atoms with Crippen LogP contribution >= 0.6 is 0 Å². The number of amides is 2. The number of carbonyl (C=O) groups excluding carboxylic acids is 2. The third-order valence-electron chi connectivity index (χ3n) is 4.19. The zero-order valence-corrected chi connectivity index (χ0v) is 11.4. The Balaban J connectivity index is 1.91. The molecule has 1 heterocycles. The van der Waals surface area contributed by atoms with Gasteiger partial charge in [0.1, 0.15) is 6.54 Å². The molecule has 0 saturated heterocycles. The second kappa shape index (κ2) is 5.20. The van der Waals surface area contributed by atoms with Crippen molar-refractivity contribution in [2.75, 3.05) is 16.8 Å². The molecule has 21 heavy (non-hydrogen) atoms. The zero-order chi connectivity index (χ0) is 15.0. The molecule has 2 aliphatic rings. The SMILES string of the molecule is O=C1CN(C(=O)C2CCCC2C(=O)O)c2ccccc2N1. The fraction of sp³-hybridized carbons (Fsp3) is 0.400. The zero-order valence-electron chi connectivity index (χ0n) is 11.4. The third kappa shape index (κ3) is 2.37. The fourth-order valence-corrected chi connectivity index (χ4v) is 3.18. The molecule has 6 heteroatoms. The van der Waals surface area contributed by atoms with Crippen molar-refractivity contribution in [3.05, 3.63) is 24.3 Å². The molecule has 2 unspecified atom stereocenters. The van der Waals surface area contributed by atoms with Crippen LogP contribution in [-0.2, 0) is 14.4 Å². The first-order valence-electron chi connectivity index (χ1n) is 7.01. The van der Waals surface area contributed by atoms with Crippen LogP contribution in [0.4, 0.5) is 11.4 Å². The molecule has 2 N–H and O–H groups in total. The first-order valence-corrected chi connectivity index (χ1v) is 7.01. The molecule has 1 aromatic rings. The van der Waals surface area contributed by atoms with Gasteiger partial charge in [-0.25, -0.2) is 0 Å². The van der Waals surface area contributed by atoms with Crippen LogP contribution in [0.3, 0.4) is 0 Å². The maximum atomic E-state index is 12.7. The summed E-state index contributed by atoms with van der Waals surface area (Å²) in [6.07, 6.45) is 1.82. The van der Waals surface area contributed by atoms with E-state index < -0.39 is 17.8 Å². The van der Waals surface area contributed by atoms with E-state index >= 15 is 0 Å². The Morgan fingerprint density at radius 1 is 1.19 bits per heavy atom. The first-order chi connectivity index (χ1) is 10.1. The van der Waals surface area contributed by atoms with Crippen LogP contribution in [0.15, 0.2) is 24.3 Å². The summed E-state index contributed by atoms with van der Waals surface area (Å²) >= 11 is 0. The van der Waals surface area contributed by atoms with Gasteiger partial charge in [0.15, 0.2) is 0 Å². The van der Waals surface area contributed by atoms with Gasteiger partial charge < -0.3 is 15.3 Å². The predicted molar refractivity (Wildman–Crippen MR) is 75.9 cm³/mol. The molecular formula is C15H16N2O4. The maximum absolute atomic E-state index is 12.7. The number of carboxylic acids is 1. The molecule has 1 fully saturated rings. The summed E-state index contributed by atoms with van der Waals surface area (Å²) in [7, 11) is 0. The lowest BCUT2D eigenvalue weighted by Crippen LogP contribution is -2.46. The molecular weight excluding hydrogens is 272 g/mol. The molecule has 0 radical (unpaired) electrons. The van der Waals surface area contributed by atoms with Crippen molar-refractivity contribution in [2.24, 2.45) is 11.8 Å². The lowest BCUT2D eigenvalue weighted by Gasteiger charge is -2.31. The standard InChI is InChI=1S/C15H16N2O4/c18-13-8-17(12-7-2-1-6-11(12)16-13)14(19)9-4-3-5-10(9)15(20)21/h1-2,6-7,9-10H,3-5,8H2,(H,16,18)(H,20,21). The molecule has 0 aromatic heterocycles. The highest BCUT2D eigenvalue weighted by atomic mass is 16.4. The van der Waals surface area contributed by atoms with Crippen molar-refractivity contribution in [2.45, 2.75) is 19.3 Å². The molecule has 1 aliphatic heterocycles. The molecule has 0 bridgehead atoms. The predicted octanol–water partition coefficient (Wildman–Crippen LogP) is 1.47. The van der Waals surface area contributed by atoms with Gasteiger partial charge in [0.25, 0.3) is 0 Å². The normalized spacial score (nSPS) is 24.4. The minimum Gasteiger partial charge on any atom is -0.481 e. The first kappa shape index (κ1) is 13.6. The number of hydrogen-bond donors (Lipinski definition) is 2. The Labute approximate surface area is 121 Å². The molecule has 3 rings (SSSR count). The van der Waals surface area contributed by atoms with Gasteiger partial charge in [-0.05, 0) is 25.0 Å². The number of anilines is 2. The van der Waals surface area contributed by atoms with Crippen LogP contribution in [0.1, 0.15) is 19.3 Å². The van der Waals surface area contributed by atoms with E-state index in [2.05, 4.69) is 5.32 Å². The summed E-state index contributed by atoms with van der Waals surface area (Å²) < 4.78 is 0. The third-order valence-corrected chi connectivity index (χ3v) is 4.19. The number of para-hydroxylation sites is 2. The van der Waals surface area contributed by atoms with Crippen LogP contribution in [0.25, 0.3) is 0 Å². The summed E-state index contributed by atoms with van der Waals surface area (Å²) in [5.41, 5.74) is 1.23. The summed E-state index contributed by atoms with van der Waals surface area (Å²) in [5.74, 6) is -2.63. The molecule has 1 saturated carbocycles. The van der Waals surface area contributed by atoms with Gasteiger partial charge in [0, 0.05) is 0 Å². The quantitative estimate of drug-likeness (QED) is 0.862. The van der Waals surface area contributed by atoms with E-state index in [1.165, 1.54) is 4.90 Å². The van der Waals surface area contributed by atoms with Gasteiger partial charge in [-0.3, -0.25) is 14.4 Å². The Kier molecular flexibility index (Phi) is 3.37. The number of fused-ring (bicyclic) bond motifs is 1. The number of nitrogens with one attached hydrogen (secondary N) is 1. The van der Waals surface area contributed by atoms with E-state index in [0.717, 1.165) is 6.42 Å². The average Bonchev–Trinajstić information content (AvgIpc) is 2.95. The Morgan fingerprint density at radius 2 is 1.90 bits per heavy atom. The van der Waals surface area contributed by atoms with Crippen LogP contribution in [0, 0.1) is 11.8 Å². The lowest BCUT2D eigenvalue weighted by molar-refractivity contribution is -0.145. The smallest absolute Gasteiger partial charge is 0.307 e. The van der Waals surface area contributed by atoms with Crippen molar-refractivity contribution in [1.82, 2.24) is 0 Å². The Morgan fingerprint density at radius 3 is 2.67 bits per heavy atom. The van der Waals surface area contributed by atoms with E-state index in [-0.39, 0.29) is 18.4 Å². The van der Waals surface area contributed by atoms with Gasteiger partial charge >= 0.3 is 5.97 Å². The van der Waals surface area contributed by atoms with Gasteiger partial charge in [-0.15, -0.1) is 0 Å². The Bertz CT molecular complexity index is 613. The van der Waals surface area contributed by atoms with Crippen molar-refractivity contribution in [3.8, 4) is 0 Å². The number of carbonyl (C=O) groups is 3. The van der Waals surface area contributed by atoms with Crippen molar-refractivity contribution in [3.63, 3.8) is 0 Å². The molecule has 1 aliphatic carbocycles. The molecule has 0 spiro atoms. The average molecular weight is 288 g/mol. The fourth-order valence-electron chi connectivity index (χ4n) is 3.18. The maximum Gasteiger partial charge on any atom is 0.307 e. The Hall–Kier alpha value is -2.37. The number of rotatable bonds is 2. The number of hydrogen-bond acceptors (Lipinski definition) is 3. The highest BCUT2D eigenvalue weighted by Crippen LogP contribution is 2.37. The summed E-state index contributed by atoms with van der Waals surface area (Å²) in [4.78, 5) is 37.1. The number of nitrogens with zero attached hydrogens (tertiary/aromatic N) is 1. The van der Waals surface area contributed by atoms with Crippen LogP contribution in [0.5, 0.6) is 0 Å². The molecule has 2 amide bonds. The van der Waals surface area contributed by atoms with Gasteiger partial charge in [0.05, 0.1) is 23.2 Å².